The van der Waals surface area contributed by atoms with E-state index in [2.05, 4.69) is 38.2 Å². The molecule has 0 aromatic heterocycles. The lowest BCUT2D eigenvalue weighted by Crippen LogP contribution is -2.30. The fourth-order valence-corrected chi connectivity index (χ4v) is 4.63. The van der Waals surface area contributed by atoms with Crippen molar-refractivity contribution in [2.45, 2.75) is 52.6 Å². The highest BCUT2D eigenvalue weighted by Crippen LogP contribution is 2.25. The summed E-state index contributed by atoms with van der Waals surface area (Å²) in [6.45, 7) is 10.7. The van der Waals surface area contributed by atoms with Crippen LogP contribution >= 0.6 is 0 Å². The number of sulfonamides is 1. The molecule has 1 N–H and O–H groups in total. The van der Waals surface area contributed by atoms with Gasteiger partial charge in [-0.2, -0.15) is 0 Å². The zero-order valence-electron chi connectivity index (χ0n) is 20.8. The standard InChI is InChI=1S/C28H34N2O3S/c1-20-9-7-8-10-24(20)19-30(34(6,32)33)26-17-13-23(14-18-26)27(31)29-21(2)22-11-15-25(16-12-22)28(3,4)5/h7-18,21H,19H2,1-6H3,(H,29,31)/t21-/m1/s1. The number of amides is 1. The Labute approximate surface area is 203 Å². The van der Waals surface area contributed by atoms with Gasteiger partial charge >= 0.3 is 0 Å². The normalized spacial score (nSPS) is 12.8. The highest BCUT2D eigenvalue weighted by molar-refractivity contribution is 7.92. The Morgan fingerprint density at radius 3 is 2.06 bits per heavy atom. The van der Waals surface area contributed by atoms with Crippen LogP contribution in [0.1, 0.15) is 66.3 Å². The average Bonchev–Trinajstić information content (AvgIpc) is 2.77. The van der Waals surface area contributed by atoms with Crippen molar-refractivity contribution < 1.29 is 13.2 Å². The molecule has 3 aromatic carbocycles. The summed E-state index contributed by atoms with van der Waals surface area (Å²) in [6.07, 6.45) is 1.19. The third-order valence-electron chi connectivity index (χ3n) is 6.02. The molecule has 0 heterocycles. The number of carbonyl (C=O) groups is 1. The molecule has 6 heteroatoms. The van der Waals surface area contributed by atoms with Gasteiger partial charge in [-0.3, -0.25) is 9.10 Å². The Bertz CT molecular complexity index is 1240. The number of nitrogens with one attached hydrogen (secondary N) is 1. The largest absolute Gasteiger partial charge is 0.346 e. The minimum Gasteiger partial charge on any atom is -0.346 e. The molecule has 34 heavy (non-hydrogen) atoms. The van der Waals surface area contributed by atoms with E-state index in [4.69, 9.17) is 0 Å². The van der Waals surface area contributed by atoms with E-state index in [1.54, 1.807) is 24.3 Å². The van der Waals surface area contributed by atoms with Gasteiger partial charge < -0.3 is 5.32 Å². The minimum absolute atomic E-state index is 0.0752. The van der Waals surface area contributed by atoms with Gasteiger partial charge in [-0.05, 0) is 65.8 Å². The quantitative estimate of drug-likeness (QED) is 0.470. The van der Waals surface area contributed by atoms with Crippen LogP contribution in [0.5, 0.6) is 0 Å². The van der Waals surface area contributed by atoms with Gasteiger partial charge in [0.15, 0.2) is 0 Å². The smallest absolute Gasteiger partial charge is 0.251 e. The lowest BCUT2D eigenvalue weighted by atomic mass is 9.86. The molecule has 0 fully saturated rings. The highest BCUT2D eigenvalue weighted by atomic mass is 32.2. The Morgan fingerprint density at radius 1 is 0.941 bits per heavy atom. The molecule has 0 radical (unpaired) electrons. The number of aryl methyl sites for hydroxylation is 1. The van der Waals surface area contributed by atoms with Crippen molar-refractivity contribution in [3.05, 3.63) is 101 Å². The van der Waals surface area contributed by atoms with Crippen LogP contribution < -0.4 is 9.62 Å². The van der Waals surface area contributed by atoms with Crippen molar-refractivity contribution in [1.29, 1.82) is 0 Å². The molecule has 3 aromatic rings. The maximum absolute atomic E-state index is 12.8. The highest BCUT2D eigenvalue weighted by Gasteiger charge is 2.20. The van der Waals surface area contributed by atoms with Crippen LogP contribution in [0.2, 0.25) is 0 Å². The van der Waals surface area contributed by atoms with Crippen LogP contribution in [-0.4, -0.2) is 20.6 Å². The predicted octanol–water partition coefficient (Wildman–Crippen LogP) is 5.75. The molecule has 1 atom stereocenters. The Kier molecular flexibility index (Phi) is 7.51. The first kappa shape index (κ1) is 25.5. The number of carbonyl (C=O) groups excluding carboxylic acids is 1. The number of rotatable bonds is 7. The summed E-state index contributed by atoms with van der Waals surface area (Å²) in [5.41, 5.74) is 5.30. The summed E-state index contributed by atoms with van der Waals surface area (Å²) in [4.78, 5) is 12.8. The van der Waals surface area contributed by atoms with E-state index in [-0.39, 0.29) is 23.9 Å². The van der Waals surface area contributed by atoms with E-state index in [0.717, 1.165) is 16.7 Å². The summed E-state index contributed by atoms with van der Waals surface area (Å²) >= 11 is 0. The number of hydrogen-bond donors (Lipinski definition) is 1. The predicted molar refractivity (Wildman–Crippen MR) is 140 cm³/mol. The molecule has 1 amide bonds. The fourth-order valence-electron chi connectivity index (χ4n) is 3.76. The Morgan fingerprint density at radius 2 is 1.53 bits per heavy atom. The lowest BCUT2D eigenvalue weighted by Gasteiger charge is -2.24. The summed E-state index contributed by atoms with van der Waals surface area (Å²) in [5, 5.41) is 3.03. The SMILES string of the molecule is Cc1ccccc1CN(c1ccc(C(=O)N[C@H](C)c2ccc(C(C)(C)C)cc2)cc1)S(C)(=O)=O. The molecular formula is C28H34N2O3S. The van der Waals surface area contributed by atoms with Gasteiger partial charge in [0.1, 0.15) is 0 Å². The van der Waals surface area contributed by atoms with E-state index >= 15 is 0 Å². The molecule has 3 rings (SSSR count). The first-order chi connectivity index (χ1) is 15.9. The van der Waals surface area contributed by atoms with Gasteiger partial charge in [0, 0.05) is 5.56 Å². The van der Waals surface area contributed by atoms with Crippen LogP contribution in [0.4, 0.5) is 5.69 Å². The van der Waals surface area contributed by atoms with E-state index in [1.165, 1.54) is 16.1 Å². The second-order valence-electron chi connectivity index (χ2n) is 9.81. The molecule has 0 aliphatic carbocycles. The molecule has 0 aliphatic rings. The monoisotopic (exact) mass is 478 g/mol. The summed E-state index contributed by atoms with van der Waals surface area (Å²) in [6, 6.07) is 22.5. The van der Waals surface area contributed by atoms with Crippen LogP contribution in [0.25, 0.3) is 0 Å². The van der Waals surface area contributed by atoms with E-state index < -0.39 is 10.0 Å². The average molecular weight is 479 g/mol. The molecule has 0 saturated heterocycles. The van der Waals surface area contributed by atoms with Gasteiger partial charge in [0.2, 0.25) is 10.0 Å². The van der Waals surface area contributed by atoms with Crippen molar-refractivity contribution in [3.8, 4) is 0 Å². The number of hydrogen-bond acceptors (Lipinski definition) is 3. The summed E-state index contributed by atoms with van der Waals surface area (Å²) < 4.78 is 26.4. The van der Waals surface area contributed by atoms with Crippen LogP contribution in [-0.2, 0) is 22.0 Å². The molecule has 180 valence electrons. The second-order valence-corrected chi connectivity index (χ2v) is 11.7. The topological polar surface area (TPSA) is 66.5 Å². The molecule has 5 nitrogen and oxygen atoms in total. The third kappa shape index (κ3) is 6.26. The van der Waals surface area contributed by atoms with E-state index in [1.807, 2.05) is 50.2 Å². The fraction of sp³-hybridized carbons (Fsp3) is 0.321. The Balaban J connectivity index is 1.74. The van der Waals surface area contributed by atoms with Crippen molar-refractivity contribution in [1.82, 2.24) is 5.32 Å². The molecule has 0 bridgehead atoms. The van der Waals surface area contributed by atoms with Crippen molar-refractivity contribution >= 4 is 21.6 Å². The van der Waals surface area contributed by atoms with Crippen molar-refractivity contribution in [2.24, 2.45) is 0 Å². The second kappa shape index (κ2) is 10.0. The molecular weight excluding hydrogens is 444 g/mol. The van der Waals surface area contributed by atoms with Crippen LogP contribution in [0.3, 0.4) is 0 Å². The maximum atomic E-state index is 12.8. The van der Waals surface area contributed by atoms with Crippen LogP contribution in [0.15, 0.2) is 72.8 Å². The van der Waals surface area contributed by atoms with Gasteiger partial charge in [-0.15, -0.1) is 0 Å². The number of nitrogens with zero attached hydrogens (tertiary/aromatic N) is 1. The van der Waals surface area contributed by atoms with Gasteiger partial charge in [-0.1, -0.05) is 69.3 Å². The Hall–Kier alpha value is -3.12. The summed E-state index contributed by atoms with van der Waals surface area (Å²) in [5.74, 6) is -0.205. The van der Waals surface area contributed by atoms with Crippen LogP contribution in [0, 0.1) is 6.92 Å². The molecule has 0 saturated carbocycles. The first-order valence-electron chi connectivity index (χ1n) is 11.4. The third-order valence-corrected chi connectivity index (χ3v) is 7.16. The number of anilines is 1. The van der Waals surface area contributed by atoms with Crippen molar-refractivity contribution in [3.63, 3.8) is 0 Å². The van der Waals surface area contributed by atoms with Gasteiger partial charge in [-0.25, -0.2) is 8.42 Å². The molecule has 0 spiro atoms. The van der Waals surface area contributed by atoms with Crippen molar-refractivity contribution in [2.75, 3.05) is 10.6 Å². The molecule has 0 unspecified atom stereocenters. The summed E-state index contributed by atoms with van der Waals surface area (Å²) in [7, 11) is -3.50. The number of benzene rings is 3. The minimum atomic E-state index is -3.50. The first-order valence-corrected chi connectivity index (χ1v) is 13.2. The van der Waals surface area contributed by atoms with Gasteiger partial charge in [0.25, 0.3) is 5.91 Å². The maximum Gasteiger partial charge on any atom is 0.251 e. The zero-order chi connectivity index (χ0) is 25.1. The van der Waals surface area contributed by atoms with Gasteiger partial charge in [0.05, 0.1) is 24.5 Å². The molecule has 0 aliphatic heterocycles. The lowest BCUT2D eigenvalue weighted by molar-refractivity contribution is 0.0940. The zero-order valence-corrected chi connectivity index (χ0v) is 21.6. The van der Waals surface area contributed by atoms with E-state index in [0.29, 0.717) is 11.3 Å². The van der Waals surface area contributed by atoms with E-state index in [9.17, 15) is 13.2 Å².